The summed E-state index contributed by atoms with van der Waals surface area (Å²) in [5.41, 5.74) is 1.37. The van der Waals surface area contributed by atoms with E-state index in [0.717, 1.165) is 5.69 Å². The maximum absolute atomic E-state index is 12.3. The van der Waals surface area contributed by atoms with Crippen LogP contribution in [0.25, 0.3) is 5.69 Å². The summed E-state index contributed by atoms with van der Waals surface area (Å²) < 4.78 is 7.29. The number of hydrogen-bond donors (Lipinski definition) is 1. The van der Waals surface area contributed by atoms with Crippen LogP contribution in [-0.2, 0) is 0 Å². The molecule has 0 aliphatic carbocycles. The number of rotatable bonds is 6. The summed E-state index contributed by atoms with van der Waals surface area (Å²) in [5.74, 6) is 0.513. The second-order valence-electron chi connectivity index (χ2n) is 5.04. The van der Waals surface area contributed by atoms with E-state index in [1.165, 1.54) is 0 Å². The van der Waals surface area contributed by atoms with Crippen LogP contribution in [-0.4, -0.2) is 28.6 Å². The quantitative estimate of drug-likeness (QED) is 0.700. The van der Waals surface area contributed by atoms with E-state index >= 15 is 0 Å². The van der Waals surface area contributed by atoms with Crippen LogP contribution < -0.4 is 10.1 Å². The van der Waals surface area contributed by atoms with Gasteiger partial charge in [-0.3, -0.25) is 9.36 Å². The van der Waals surface area contributed by atoms with Gasteiger partial charge in [-0.25, -0.2) is 4.98 Å². The first-order valence-electron chi connectivity index (χ1n) is 7.48. The average molecular weight is 342 g/mol. The summed E-state index contributed by atoms with van der Waals surface area (Å²) in [6.45, 7) is 0.758. The number of carbonyl (C=O) groups excluding carboxylic acids is 1. The van der Waals surface area contributed by atoms with Gasteiger partial charge in [-0.2, -0.15) is 0 Å². The lowest BCUT2D eigenvalue weighted by Crippen LogP contribution is -2.29. The molecule has 0 spiro atoms. The Morgan fingerprint density at radius 3 is 2.62 bits per heavy atom. The second-order valence-corrected chi connectivity index (χ2v) is 5.48. The fourth-order valence-corrected chi connectivity index (χ4v) is 2.34. The molecule has 0 saturated carbocycles. The predicted octanol–water partition coefficient (Wildman–Crippen LogP) is 3.33. The molecular weight excluding hydrogens is 326 g/mol. The third-order valence-corrected chi connectivity index (χ3v) is 3.63. The van der Waals surface area contributed by atoms with E-state index in [2.05, 4.69) is 10.3 Å². The Labute approximate surface area is 144 Å². The lowest BCUT2D eigenvalue weighted by molar-refractivity contribution is 0.0940. The summed E-state index contributed by atoms with van der Waals surface area (Å²) in [6.07, 6.45) is 3.16. The molecule has 24 heavy (non-hydrogen) atoms. The van der Waals surface area contributed by atoms with Crippen LogP contribution in [0, 0.1) is 0 Å². The minimum atomic E-state index is -0.198. The van der Waals surface area contributed by atoms with Crippen molar-refractivity contribution in [3.8, 4) is 11.4 Å². The van der Waals surface area contributed by atoms with Crippen LogP contribution >= 0.6 is 11.6 Å². The highest BCUT2D eigenvalue weighted by Crippen LogP contribution is 2.15. The molecule has 1 heterocycles. The van der Waals surface area contributed by atoms with Crippen LogP contribution in [0.5, 0.6) is 5.75 Å². The molecule has 1 amide bonds. The average Bonchev–Trinajstić information content (AvgIpc) is 3.11. The van der Waals surface area contributed by atoms with Gasteiger partial charge in [0.15, 0.2) is 0 Å². The van der Waals surface area contributed by atoms with Gasteiger partial charge in [0.25, 0.3) is 5.91 Å². The lowest BCUT2D eigenvalue weighted by Gasteiger charge is -2.10. The van der Waals surface area contributed by atoms with E-state index in [9.17, 15) is 4.79 Å². The normalized spacial score (nSPS) is 10.4. The fraction of sp³-hybridized carbons (Fsp3) is 0.111. The van der Waals surface area contributed by atoms with Crippen molar-refractivity contribution in [3.05, 3.63) is 77.8 Å². The molecule has 6 heteroatoms. The number of imidazole rings is 1. The molecule has 0 radical (unpaired) electrons. The van der Waals surface area contributed by atoms with Gasteiger partial charge >= 0.3 is 0 Å². The third kappa shape index (κ3) is 3.94. The molecule has 3 aromatic rings. The van der Waals surface area contributed by atoms with E-state index in [-0.39, 0.29) is 5.91 Å². The highest BCUT2D eigenvalue weighted by Gasteiger charge is 2.12. The summed E-state index contributed by atoms with van der Waals surface area (Å²) in [4.78, 5) is 16.4. The highest BCUT2D eigenvalue weighted by molar-refractivity contribution is 6.30. The maximum atomic E-state index is 12.3. The van der Waals surface area contributed by atoms with Gasteiger partial charge in [-0.1, -0.05) is 29.8 Å². The van der Waals surface area contributed by atoms with Crippen molar-refractivity contribution in [2.45, 2.75) is 0 Å². The number of nitrogens with zero attached hydrogens (tertiary/aromatic N) is 2. The standard InChI is InChI=1S/C18H16ClN3O2/c19-14-6-8-16(9-7-14)24-11-10-21-18(23)17-12-20-13-22(17)15-4-2-1-3-5-15/h1-9,12-13H,10-11H2,(H,21,23). The molecule has 2 aromatic carbocycles. The van der Waals surface area contributed by atoms with Crippen molar-refractivity contribution in [3.63, 3.8) is 0 Å². The largest absolute Gasteiger partial charge is 0.492 e. The molecule has 3 rings (SSSR count). The summed E-state index contributed by atoms with van der Waals surface area (Å²) in [7, 11) is 0. The number of amides is 1. The van der Waals surface area contributed by atoms with Crippen molar-refractivity contribution >= 4 is 17.5 Å². The minimum Gasteiger partial charge on any atom is -0.492 e. The summed E-state index contributed by atoms with van der Waals surface area (Å²) in [6, 6.07) is 16.7. The Balaban J connectivity index is 1.54. The minimum absolute atomic E-state index is 0.198. The molecule has 0 atom stereocenters. The van der Waals surface area contributed by atoms with Gasteiger partial charge in [-0.15, -0.1) is 0 Å². The predicted molar refractivity (Wildman–Crippen MR) is 92.8 cm³/mol. The van der Waals surface area contributed by atoms with E-state index in [1.807, 2.05) is 30.3 Å². The van der Waals surface area contributed by atoms with Crippen molar-refractivity contribution < 1.29 is 9.53 Å². The molecule has 0 aliphatic heterocycles. The number of benzene rings is 2. The molecular formula is C18H16ClN3O2. The Hall–Kier alpha value is -2.79. The van der Waals surface area contributed by atoms with E-state index < -0.39 is 0 Å². The van der Waals surface area contributed by atoms with Crippen LogP contribution in [0.4, 0.5) is 0 Å². The van der Waals surface area contributed by atoms with E-state index in [4.69, 9.17) is 16.3 Å². The topological polar surface area (TPSA) is 56.1 Å². The SMILES string of the molecule is O=C(NCCOc1ccc(Cl)cc1)c1cncn1-c1ccccc1. The van der Waals surface area contributed by atoms with Crippen molar-refractivity contribution in [2.24, 2.45) is 0 Å². The molecule has 0 fully saturated rings. The first-order valence-corrected chi connectivity index (χ1v) is 7.86. The first-order chi connectivity index (χ1) is 11.7. The molecule has 0 unspecified atom stereocenters. The van der Waals surface area contributed by atoms with Crippen LogP contribution in [0.2, 0.25) is 5.02 Å². The Kier molecular flexibility index (Phi) is 5.13. The Morgan fingerprint density at radius 1 is 1.12 bits per heavy atom. The fourth-order valence-electron chi connectivity index (χ4n) is 2.21. The number of halogens is 1. The Morgan fingerprint density at radius 2 is 1.88 bits per heavy atom. The zero-order valence-electron chi connectivity index (χ0n) is 12.9. The molecule has 0 aliphatic rings. The van der Waals surface area contributed by atoms with Gasteiger partial charge in [0.05, 0.1) is 19.1 Å². The van der Waals surface area contributed by atoms with Gasteiger partial charge in [-0.05, 0) is 36.4 Å². The number of nitrogens with one attached hydrogen (secondary N) is 1. The lowest BCUT2D eigenvalue weighted by atomic mass is 10.3. The summed E-state index contributed by atoms with van der Waals surface area (Å²) in [5, 5.41) is 3.48. The molecule has 0 bridgehead atoms. The number of carbonyl (C=O) groups is 1. The maximum Gasteiger partial charge on any atom is 0.270 e. The number of hydrogen-bond acceptors (Lipinski definition) is 3. The number of aromatic nitrogens is 2. The molecule has 122 valence electrons. The van der Waals surface area contributed by atoms with Crippen LogP contribution in [0.1, 0.15) is 10.5 Å². The first kappa shape index (κ1) is 16.1. The second kappa shape index (κ2) is 7.66. The monoisotopic (exact) mass is 341 g/mol. The van der Waals surface area contributed by atoms with Gasteiger partial charge in [0, 0.05) is 10.7 Å². The van der Waals surface area contributed by atoms with Gasteiger partial charge in [0.2, 0.25) is 0 Å². The molecule has 5 nitrogen and oxygen atoms in total. The summed E-state index contributed by atoms with van der Waals surface area (Å²) >= 11 is 5.82. The smallest absolute Gasteiger partial charge is 0.270 e. The van der Waals surface area contributed by atoms with E-state index in [0.29, 0.717) is 29.6 Å². The Bertz CT molecular complexity index is 801. The van der Waals surface area contributed by atoms with Gasteiger partial charge < -0.3 is 10.1 Å². The number of para-hydroxylation sites is 1. The molecule has 1 N–H and O–H groups in total. The van der Waals surface area contributed by atoms with Gasteiger partial charge in [0.1, 0.15) is 18.1 Å². The number of ether oxygens (including phenoxy) is 1. The van der Waals surface area contributed by atoms with Crippen LogP contribution in [0.3, 0.4) is 0 Å². The van der Waals surface area contributed by atoms with Crippen molar-refractivity contribution in [1.29, 1.82) is 0 Å². The molecule has 1 aromatic heterocycles. The zero-order valence-corrected chi connectivity index (χ0v) is 13.6. The van der Waals surface area contributed by atoms with Crippen molar-refractivity contribution in [1.82, 2.24) is 14.9 Å². The van der Waals surface area contributed by atoms with E-state index in [1.54, 1.807) is 41.4 Å². The third-order valence-electron chi connectivity index (χ3n) is 3.38. The van der Waals surface area contributed by atoms with Crippen LogP contribution in [0.15, 0.2) is 67.1 Å². The highest BCUT2D eigenvalue weighted by atomic mass is 35.5. The van der Waals surface area contributed by atoms with Crippen molar-refractivity contribution in [2.75, 3.05) is 13.2 Å². The molecule has 0 saturated heterocycles. The zero-order chi connectivity index (χ0) is 16.8.